The van der Waals surface area contributed by atoms with E-state index in [1.807, 2.05) is 13.0 Å². The number of nitrogens with two attached hydrogens (primary N) is 1. The van der Waals surface area contributed by atoms with Gasteiger partial charge in [-0.2, -0.15) is 0 Å². The number of benzene rings is 1. The van der Waals surface area contributed by atoms with E-state index in [1.165, 1.54) is 0 Å². The Kier molecular flexibility index (Phi) is 4.98. The Labute approximate surface area is 119 Å². The van der Waals surface area contributed by atoms with Gasteiger partial charge in [-0.25, -0.2) is 4.79 Å². The number of aryl methyl sites for hydroxylation is 1. The van der Waals surface area contributed by atoms with Gasteiger partial charge in [0, 0.05) is 18.8 Å². The molecule has 5 heteroatoms. The van der Waals surface area contributed by atoms with Gasteiger partial charge in [-0.15, -0.1) is 0 Å². The van der Waals surface area contributed by atoms with Crippen molar-refractivity contribution in [2.24, 2.45) is 0 Å². The molecule has 1 aliphatic heterocycles. The molecule has 1 atom stereocenters. The Morgan fingerprint density at radius 1 is 1.55 bits per heavy atom. The van der Waals surface area contributed by atoms with Crippen LogP contribution in [0.15, 0.2) is 18.2 Å². The molecule has 2 rings (SSSR count). The Bertz CT molecular complexity index is 476. The number of nitrogen functional groups attached to an aromatic ring is 1. The number of rotatable bonds is 4. The molecule has 20 heavy (non-hydrogen) atoms. The zero-order valence-corrected chi connectivity index (χ0v) is 12.1. The van der Waals surface area contributed by atoms with Crippen molar-refractivity contribution in [2.45, 2.75) is 20.0 Å². The van der Waals surface area contributed by atoms with Crippen molar-refractivity contribution in [2.75, 3.05) is 38.6 Å². The van der Waals surface area contributed by atoms with Gasteiger partial charge in [-0.05, 0) is 31.2 Å². The Morgan fingerprint density at radius 2 is 2.35 bits per heavy atom. The summed E-state index contributed by atoms with van der Waals surface area (Å²) in [6.45, 7) is 7.72. The maximum absolute atomic E-state index is 12.0. The smallest absolute Gasteiger partial charge is 0.338 e. The monoisotopic (exact) mass is 278 g/mol. The molecule has 1 aliphatic rings. The first-order chi connectivity index (χ1) is 9.60. The van der Waals surface area contributed by atoms with Crippen molar-refractivity contribution >= 4 is 11.7 Å². The van der Waals surface area contributed by atoms with Gasteiger partial charge in [0.2, 0.25) is 0 Å². The molecule has 0 aromatic heterocycles. The summed E-state index contributed by atoms with van der Waals surface area (Å²) in [5.74, 6) is -0.353. The lowest BCUT2D eigenvalue weighted by Crippen LogP contribution is -2.44. The largest absolute Gasteiger partial charge is 0.459 e. The van der Waals surface area contributed by atoms with Crippen LogP contribution in [0.3, 0.4) is 0 Å². The Balaban J connectivity index is 1.87. The molecule has 110 valence electrons. The van der Waals surface area contributed by atoms with E-state index < -0.39 is 0 Å². The van der Waals surface area contributed by atoms with Gasteiger partial charge < -0.3 is 15.2 Å². The molecule has 0 amide bonds. The van der Waals surface area contributed by atoms with Crippen LogP contribution in [0.5, 0.6) is 0 Å². The molecule has 0 spiro atoms. The minimum absolute atomic E-state index is 0.0459. The molecule has 1 aromatic rings. The summed E-state index contributed by atoms with van der Waals surface area (Å²) in [6, 6.07) is 5.20. The van der Waals surface area contributed by atoms with E-state index in [9.17, 15) is 4.79 Å². The average Bonchev–Trinajstić information content (AvgIpc) is 2.47. The lowest BCUT2D eigenvalue weighted by molar-refractivity contribution is -0.0578. The van der Waals surface area contributed by atoms with Crippen LogP contribution in [-0.2, 0) is 9.47 Å². The molecule has 1 saturated heterocycles. The number of hydrogen-bond acceptors (Lipinski definition) is 5. The number of nitrogens with zero attached hydrogens (tertiary/aromatic N) is 1. The van der Waals surface area contributed by atoms with Crippen LogP contribution in [0.4, 0.5) is 5.69 Å². The third-order valence-corrected chi connectivity index (χ3v) is 3.59. The molecular weight excluding hydrogens is 256 g/mol. The van der Waals surface area contributed by atoms with Gasteiger partial charge in [0.15, 0.2) is 0 Å². The Morgan fingerprint density at radius 3 is 3.05 bits per heavy atom. The number of anilines is 1. The van der Waals surface area contributed by atoms with E-state index in [0.717, 1.165) is 25.2 Å². The first kappa shape index (κ1) is 14.8. The lowest BCUT2D eigenvalue weighted by atomic mass is 10.1. The van der Waals surface area contributed by atoms with E-state index in [0.29, 0.717) is 17.9 Å². The lowest BCUT2D eigenvalue weighted by Gasteiger charge is -2.31. The summed E-state index contributed by atoms with van der Waals surface area (Å²) in [4.78, 5) is 14.2. The van der Waals surface area contributed by atoms with Crippen LogP contribution < -0.4 is 5.73 Å². The zero-order chi connectivity index (χ0) is 14.5. The van der Waals surface area contributed by atoms with Crippen molar-refractivity contribution < 1.29 is 14.3 Å². The van der Waals surface area contributed by atoms with Gasteiger partial charge in [0.25, 0.3) is 0 Å². The minimum atomic E-state index is -0.353. The molecule has 2 N–H and O–H groups in total. The van der Waals surface area contributed by atoms with Crippen molar-refractivity contribution in [3.8, 4) is 0 Å². The maximum Gasteiger partial charge on any atom is 0.338 e. The van der Waals surface area contributed by atoms with E-state index in [4.69, 9.17) is 15.2 Å². The number of likely N-dealkylation sites (N-methyl/N-ethyl adjacent to an activating group) is 1. The molecule has 5 nitrogen and oxygen atoms in total. The fourth-order valence-electron chi connectivity index (χ4n) is 2.19. The van der Waals surface area contributed by atoms with E-state index in [1.54, 1.807) is 12.1 Å². The van der Waals surface area contributed by atoms with E-state index in [2.05, 4.69) is 11.8 Å². The van der Waals surface area contributed by atoms with Gasteiger partial charge in [0.1, 0.15) is 12.7 Å². The molecule has 1 aromatic carbocycles. The third kappa shape index (κ3) is 3.71. The zero-order valence-electron chi connectivity index (χ0n) is 12.1. The van der Waals surface area contributed by atoms with Crippen molar-refractivity contribution in [3.63, 3.8) is 0 Å². The Hall–Kier alpha value is -1.59. The van der Waals surface area contributed by atoms with Gasteiger partial charge >= 0.3 is 5.97 Å². The summed E-state index contributed by atoms with van der Waals surface area (Å²) >= 11 is 0. The number of ether oxygens (including phenoxy) is 2. The number of esters is 1. The normalized spacial score (nSPS) is 19.8. The van der Waals surface area contributed by atoms with E-state index >= 15 is 0 Å². The third-order valence-electron chi connectivity index (χ3n) is 3.59. The average molecular weight is 278 g/mol. The highest BCUT2D eigenvalue weighted by molar-refractivity contribution is 5.90. The van der Waals surface area contributed by atoms with Crippen LogP contribution in [0.1, 0.15) is 22.8 Å². The second kappa shape index (κ2) is 6.72. The molecule has 0 saturated carbocycles. The second-order valence-corrected chi connectivity index (χ2v) is 5.06. The number of morpholine rings is 1. The molecule has 0 radical (unpaired) electrons. The standard InChI is InChI=1S/C15H22N2O3/c1-3-17-6-7-19-13(9-17)10-20-15(18)12-5-4-11(2)14(16)8-12/h4-5,8,13H,3,6-7,9-10,16H2,1-2H3. The van der Waals surface area contributed by atoms with Crippen LogP contribution in [0.25, 0.3) is 0 Å². The fourth-order valence-corrected chi connectivity index (χ4v) is 2.19. The SMILES string of the molecule is CCN1CCOC(COC(=O)c2ccc(C)c(N)c2)C1. The highest BCUT2D eigenvalue weighted by atomic mass is 16.6. The molecule has 0 aliphatic carbocycles. The van der Waals surface area contributed by atoms with E-state index in [-0.39, 0.29) is 18.7 Å². The highest BCUT2D eigenvalue weighted by Gasteiger charge is 2.21. The first-order valence-electron chi connectivity index (χ1n) is 6.97. The van der Waals surface area contributed by atoms with Crippen LogP contribution in [0, 0.1) is 6.92 Å². The fraction of sp³-hybridized carbons (Fsp3) is 0.533. The summed E-state index contributed by atoms with van der Waals surface area (Å²) in [5.41, 5.74) is 7.83. The van der Waals surface area contributed by atoms with Crippen LogP contribution in [-0.4, -0.2) is 49.8 Å². The molecule has 1 unspecified atom stereocenters. The molecule has 1 heterocycles. The summed E-state index contributed by atoms with van der Waals surface area (Å²) < 4.78 is 10.9. The predicted molar refractivity (Wildman–Crippen MR) is 77.7 cm³/mol. The second-order valence-electron chi connectivity index (χ2n) is 5.06. The summed E-state index contributed by atoms with van der Waals surface area (Å²) in [7, 11) is 0. The van der Waals surface area contributed by atoms with Crippen molar-refractivity contribution in [3.05, 3.63) is 29.3 Å². The topological polar surface area (TPSA) is 64.8 Å². The van der Waals surface area contributed by atoms with Crippen LogP contribution in [0.2, 0.25) is 0 Å². The molecular formula is C15H22N2O3. The van der Waals surface area contributed by atoms with Crippen LogP contribution >= 0.6 is 0 Å². The first-order valence-corrected chi connectivity index (χ1v) is 6.97. The quantitative estimate of drug-likeness (QED) is 0.667. The number of hydrogen-bond donors (Lipinski definition) is 1. The van der Waals surface area contributed by atoms with Gasteiger partial charge in [0.05, 0.1) is 12.2 Å². The van der Waals surface area contributed by atoms with Gasteiger partial charge in [-0.1, -0.05) is 13.0 Å². The van der Waals surface area contributed by atoms with Gasteiger partial charge in [-0.3, -0.25) is 4.90 Å². The maximum atomic E-state index is 12.0. The van der Waals surface area contributed by atoms with Crippen molar-refractivity contribution in [1.82, 2.24) is 4.90 Å². The molecule has 0 bridgehead atoms. The van der Waals surface area contributed by atoms with Crippen molar-refractivity contribution in [1.29, 1.82) is 0 Å². The summed E-state index contributed by atoms with van der Waals surface area (Å²) in [6.07, 6.45) is -0.0459. The summed E-state index contributed by atoms with van der Waals surface area (Å²) in [5, 5.41) is 0. The number of carbonyl (C=O) groups excluding carboxylic acids is 1. The minimum Gasteiger partial charge on any atom is -0.459 e. The predicted octanol–water partition coefficient (Wildman–Crippen LogP) is 1.45. The number of carbonyl (C=O) groups is 1. The molecule has 1 fully saturated rings. The highest BCUT2D eigenvalue weighted by Crippen LogP contribution is 2.14.